The number of fused-ring (bicyclic) bond motifs is 1. The topological polar surface area (TPSA) is 35.0 Å². The molecule has 0 aliphatic heterocycles. The van der Waals surface area contributed by atoms with Gasteiger partial charge in [-0.15, -0.1) is 0 Å². The molecule has 1 aromatic heterocycles. The Balaban J connectivity index is 2.76. The van der Waals surface area contributed by atoms with Crippen LogP contribution in [0.4, 0.5) is 4.39 Å². The smallest absolute Gasteiger partial charge is 0.232 e. The molecule has 78 valence electrons. The van der Waals surface area contributed by atoms with Gasteiger partial charge in [-0.2, -0.15) is 0 Å². The number of hydrogen-bond donors (Lipinski definition) is 0. The third-order valence-corrected chi connectivity index (χ3v) is 2.30. The van der Waals surface area contributed by atoms with Crippen molar-refractivity contribution in [1.29, 1.82) is 0 Å². The molecule has 0 aliphatic carbocycles. The highest BCUT2D eigenvalue weighted by molar-refractivity contribution is 5.78. The number of halogens is 1. The molecule has 0 atom stereocenters. The minimum absolute atomic E-state index is 0.243. The maximum Gasteiger partial charge on any atom is 0.232 e. The zero-order valence-corrected chi connectivity index (χ0v) is 8.62. The van der Waals surface area contributed by atoms with E-state index in [-0.39, 0.29) is 5.82 Å². The average Bonchev–Trinajstić information content (AvgIpc) is 2.28. The van der Waals surface area contributed by atoms with Crippen molar-refractivity contribution in [3.05, 3.63) is 29.7 Å². The molecule has 1 aromatic carbocycles. The summed E-state index contributed by atoms with van der Waals surface area (Å²) in [5, 5.41) is 0. The number of benzene rings is 1. The van der Waals surface area contributed by atoms with Gasteiger partial charge in [-0.3, -0.25) is 0 Å². The lowest BCUT2D eigenvalue weighted by molar-refractivity contribution is 0.397. The average molecular weight is 206 g/mol. The van der Waals surface area contributed by atoms with Crippen LogP contribution in [-0.2, 0) is 6.42 Å². The summed E-state index contributed by atoms with van der Waals surface area (Å²) in [5.41, 5.74) is 1.85. The first kappa shape index (κ1) is 9.83. The van der Waals surface area contributed by atoms with Crippen molar-refractivity contribution in [3.8, 4) is 5.88 Å². The molecule has 0 radical (unpaired) electrons. The Labute approximate surface area is 86.9 Å². The van der Waals surface area contributed by atoms with Crippen molar-refractivity contribution in [2.75, 3.05) is 7.11 Å². The molecule has 1 heterocycles. The molecule has 3 nitrogen and oxygen atoms in total. The van der Waals surface area contributed by atoms with Gasteiger partial charge in [0.15, 0.2) is 0 Å². The molecule has 0 fully saturated rings. The lowest BCUT2D eigenvalue weighted by atomic mass is 10.1. The monoisotopic (exact) mass is 206 g/mol. The van der Waals surface area contributed by atoms with Crippen LogP contribution in [0.15, 0.2) is 18.3 Å². The van der Waals surface area contributed by atoms with Gasteiger partial charge in [0.1, 0.15) is 5.82 Å². The maximum absolute atomic E-state index is 13.4. The van der Waals surface area contributed by atoms with Gasteiger partial charge >= 0.3 is 0 Å². The highest BCUT2D eigenvalue weighted by Gasteiger charge is 2.08. The second-order valence-corrected chi connectivity index (χ2v) is 3.16. The summed E-state index contributed by atoms with van der Waals surface area (Å²) in [6.07, 6.45) is 2.12. The normalized spacial score (nSPS) is 10.6. The van der Waals surface area contributed by atoms with E-state index in [0.29, 0.717) is 28.9 Å². The second kappa shape index (κ2) is 3.81. The molecule has 2 rings (SSSR count). The molecule has 15 heavy (non-hydrogen) atoms. The fraction of sp³-hybridized carbons (Fsp3) is 0.273. The molecule has 0 amide bonds. The van der Waals surface area contributed by atoms with E-state index in [1.807, 2.05) is 6.92 Å². The van der Waals surface area contributed by atoms with Crippen LogP contribution in [-0.4, -0.2) is 17.1 Å². The van der Waals surface area contributed by atoms with Gasteiger partial charge in [-0.05, 0) is 18.6 Å². The summed E-state index contributed by atoms with van der Waals surface area (Å²) in [5.74, 6) is 0.162. The summed E-state index contributed by atoms with van der Waals surface area (Å²) < 4.78 is 18.4. The van der Waals surface area contributed by atoms with E-state index in [4.69, 9.17) is 4.74 Å². The van der Waals surface area contributed by atoms with Crippen LogP contribution in [0.5, 0.6) is 5.88 Å². The summed E-state index contributed by atoms with van der Waals surface area (Å²) in [4.78, 5) is 8.35. The number of nitrogens with zero attached hydrogens (tertiary/aromatic N) is 2. The molecular weight excluding hydrogens is 195 g/mol. The second-order valence-electron chi connectivity index (χ2n) is 3.16. The van der Waals surface area contributed by atoms with Crippen molar-refractivity contribution in [2.24, 2.45) is 0 Å². The van der Waals surface area contributed by atoms with Crippen LogP contribution in [0, 0.1) is 5.82 Å². The molecule has 4 heteroatoms. The van der Waals surface area contributed by atoms with Crippen LogP contribution >= 0.6 is 0 Å². The first-order chi connectivity index (χ1) is 7.26. The predicted molar refractivity (Wildman–Crippen MR) is 55.4 cm³/mol. The molecule has 0 aliphatic rings. The van der Waals surface area contributed by atoms with Crippen molar-refractivity contribution < 1.29 is 9.13 Å². The van der Waals surface area contributed by atoms with Crippen LogP contribution < -0.4 is 4.74 Å². The van der Waals surface area contributed by atoms with E-state index in [1.54, 1.807) is 6.07 Å². The van der Waals surface area contributed by atoms with Gasteiger partial charge in [0.05, 0.1) is 24.3 Å². The minimum atomic E-state index is -0.243. The number of aromatic nitrogens is 2. The standard InChI is InChI=1S/C11H11FN2O/c1-3-7-8(12)4-5-9-11(7)14-10(15-2)6-13-9/h4-6H,3H2,1-2H3. The Morgan fingerprint density at radius 3 is 2.87 bits per heavy atom. The molecule has 0 bridgehead atoms. The lowest BCUT2D eigenvalue weighted by Gasteiger charge is -2.05. The number of methoxy groups -OCH3 is 1. The molecule has 0 saturated carbocycles. The number of aryl methyl sites for hydroxylation is 1. The largest absolute Gasteiger partial charge is 0.480 e. The fourth-order valence-corrected chi connectivity index (χ4v) is 1.53. The van der Waals surface area contributed by atoms with Crippen LogP contribution in [0.2, 0.25) is 0 Å². The van der Waals surface area contributed by atoms with Gasteiger partial charge in [0, 0.05) is 5.56 Å². The van der Waals surface area contributed by atoms with E-state index >= 15 is 0 Å². The van der Waals surface area contributed by atoms with Crippen LogP contribution in [0.25, 0.3) is 11.0 Å². The van der Waals surface area contributed by atoms with Crippen molar-refractivity contribution in [2.45, 2.75) is 13.3 Å². The first-order valence-electron chi connectivity index (χ1n) is 4.74. The van der Waals surface area contributed by atoms with Gasteiger partial charge in [0.25, 0.3) is 0 Å². The van der Waals surface area contributed by atoms with Gasteiger partial charge < -0.3 is 4.74 Å². The van der Waals surface area contributed by atoms with E-state index < -0.39 is 0 Å². The number of rotatable bonds is 2. The zero-order valence-electron chi connectivity index (χ0n) is 8.62. The fourth-order valence-electron chi connectivity index (χ4n) is 1.53. The predicted octanol–water partition coefficient (Wildman–Crippen LogP) is 2.34. The van der Waals surface area contributed by atoms with E-state index in [1.165, 1.54) is 19.4 Å². The third kappa shape index (κ3) is 1.63. The molecule has 0 spiro atoms. The number of hydrogen-bond acceptors (Lipinski definition) is 3. The summed E-state index contributed by atoms with van der Waals surface area (Å²) in [6, 6.07) is 3.04. The first-order valence-corrected chi connectivity index (χ1v) is 4.74. The van der Waals surface area contributed by atoms with Gasteiger partial charge in [-0.25, -0.2) is 14.4 Å². The van der Waals surface area contributed by atoms with Gasteiger partial charge in [0.2, 0.25) is 5.88 Å². The van der Waals surface area contributed by atoms with E-state index in [9.17, 15) is 4.39 Å². The minimum Gasteiger partial charge on any atom is -0.480 e. The summed E-state index contributed by atoms with van der Waals surface area (Å²) in [7, 11) is 1.51. The van der Waals surface area contributed by atoms with Crippen LogP contribution in [0.3, 0.4) is 0 Å². The molecular formula is C11H11FN2O. The van der Waals surface area contributed by atoms with Crippen molar-refractivity contribution >= 4 is 11.0 Å². The summed E-state index contributed by atoms with van der Waals surface area (Å²) in [6.45, 7) is 1.89. The number of ether oxygens (including phenoxy) is 1. The Bertz CT molecular complexity index is 499. The highest BCUT2D eigenvalue weighted by atomic mass is 19.1. The summed E-state index contributed by atoms with van der Waals surface area (Å²) >= 11 is 0. The van der Waals surface area contributed by atoms with Crippen molar-refractivity contribution in [1.82, 2.24) is 9.97 Å². The SMILES string of the molecule is CCc1c(F)ccc2ncc(OC)nc12. The molecule has 2 aromatic rings. The Morgan fingerprint density at radius 2 is 2.20 bits per heavy atom. The molecule has 0 saturated heterocycles. The molecule has 0 N–H and O–H groups in total. The third-order valence-electron chi connectivity index (χ3n) is 2.30. The Morgan fingerprint density at radius 1 is 1.40 bits per heavy atom. The van der Waals surface area contributed by atoms with Crippen LogP contribution in [0.1, 0.15) is 12.5 Å². The quantitative estimate of drug-likeness (QED) is 0.756. The molecule has 0 unspecified atom stereocenters. The maximum atomic E-state index is 13.4. The highest BCUT2D eigenvalue weighted by Crippen LogP contribution is 2.20. The van der Waals surface area contributed by atoms with E-state index in [2.05, 4.69) is 9.97 Å². The Hall–Kier alpha value is -1.71. The zero-order chi connectivity index (χ0) is 10.8. The van der Waals surface area contributed by atoms with E-state index in [0.717, 1.165) is 0 Å². The Kier molecular flexibility index (Phi) is 2.49. The van der Waals surface area contributed by atoms with Gasteiger partial charge in [-0.1, -0.05) is 6.92 Å². The lowest BCUT2D eigenvalue weighted by Crippen LogP contribution is -1.96. The van der Waals surface area contributed by atoms with Crippen molar-refractivity contribution in [3.63, 3.8) is 0 Å².